The first kappa shape index (κ1) is 15.5. The van der Waals surface area contributed by atoms with E-state index in [9.17, 15) is 14.5 Å². The summed E-state index contributed by atoms with van der Waals surface area (Å²) in [5.41, 5.74) is 0.826. The van der Waals surface area contributed by atoms with Gasteiger partial charge in [0, 0.05) is 22.5 Å². The van der Waals surface area contributed by atoms with E-state index in [1.54, 1.807) is 6.07 Å². The average Bonchev–Trinajstić information content (AvgIpc) is 2.48. The van der Waals surface area contributed by atoms with E-state index in [0.717, 1.165) is 0 Å². The van der Waals surface area contributed by atoms with Crippen molar-refractivity contribution in [2.24, 2.45) is 0 Å². The highest BCUT2D eigenvalue weighted by atomic mass is 35.5. The minimum Gasteiger partial charge on any atom is -0.482 e. The van der Waals surface area contributed by atoms with Crippen molar-refractivity contribution in [2.45, 2.75) is 12.5 Å². The molecule has 21 heavy (non-hydrogen) atoms. The van der Waals surface area contributed by atoms with Crippen molar-refractivity contribution in [3.05, 3.63) is 68.5 Å². The van der Waals surface area contributed by atoms with Crippen molar-refractivity contribution in [1.82, 2.24) is 0 Å². The highest BCUT2D eigenvalue weighted by Crippen LogP contribution is 2.30. The second kappa shape index (κ2) is 6.74. The van der Waals surface area contributed by atoms with Gasteiger partial charge in [0.2, 0.25) is 0 Å². The number of hydrogen-bond acceptors (Lipinski definition) is 3. The summed E-state index contributed by atoms with van der Waals surface area (Å²) < 4.78 is 18.5. The molecule has 0 bridgehead atoms. The maximum atomic E-state index is 13.1. The van der Waals surface area contributed by atoms with E-state index in [1.807, 2.05) is 0 Å². The number of ether oxygens (including phenoxy) is 1. The van der Waals surface area contributed by atoms with Crippen LogP contribution in [0.2, 0.25) is 5.02 Å². The lowest BCUT2D eigenvalue weighted by Gasteiger charge is -2.09. The zero-order valence-corrected chi connectivity index (χ0v) is 12.2. The molecule has 0 amide bonds. The van der Waals surface area contributed by atoms with Crippen LogP contribution in [0, 0.1) is 15.9 Å². The molecule has 0 radical (unpaired) electrons. The Labute approximate surface area is 130 Å². The summed E-state index contributed by atoms with van der Waals surface area (Å²) in [4.78, 5) is 10.5. The Morgan fingerprint density at radius 1 is 1.24 bits per heavy atom. The Morgan fingerprint density at radius 2 is 2.00 bits per heavy atom. The first-order valence-corrected chi connectivity index (χ1v) is 6.82. The molecular formula is C14H10Cl2FNO3. The van der Waals surface area contributed by atoms with Gasteiger partial charge >= 0.3 is 5.69 Å². The van der Waals surface area contributed by atoms with Gasteiger partial charge < -0.3 is 4.74 Å². The number of benzene rings is 2. The number of halogens is 3. The van der Waals surface area contributed by atoms with Gasteiger partial charge in [-0.2, -0.15) is 0 Å². The van der Waals surface area contributed by atoms with E-state index >= 15 is 0 Å². The molecule has 0 aliphatic carbocycles. The summed E-state index contributed by atoms with van der Waals surface area (Å²) in [5, 5.41) is 11.3. The maximum absolute atomic E-state index is 13.1. The van der Waals surface area contributed by atoms with Gasteiger partial charge in [-0.1, -0.05) is 17.7 Å². The molecule has 2 aromatic carbocycles. The smallest absolute Gasteiger partial charge is 0.311 e. The molecule has 0 aliphatic rings. The fraction of sp³-hybridized carbons (Fsp3) is 0.143. The van der Waals surface area contributed by atoms with Crippen LogP contribution < -0.4 is 4.74 Å². The molecule has 0 saturated heterocycles. The zero-order chi connectivity index (χ0) is 15.4. The first-order chi connectivity index (χ1) is 10.0. The van der Waals surface area contributed by atoms with Crippen LogP contribution in [0.3, 0.4) is 0 Å². The van der Waals surface area contributed by atoms with Gasteiger partial charge in [0.1, 0.15) is 12.4 Å². The Kier molecular flexibility index (Phi) is 4.98. The molecule has 0 saturated carbocycles. The molecule has 0 spiro atoms. The third kappa shape index (κ3) is 3.83. The van der Waals surface area contributed by atoms with Crippen LogP contribution in [0.1, 0.15) is 11.1 Å². The highest BCUT2D eigenvalue weighted by molar-refractivity contribution is 6.31. The molecule has 0 aromatic heterocycles. The van der Waals surface area contributed by atoms with Gasteiger partial charge in [0.25, 0.3) is 0 Å². The van der Waals surface area contributed by atoms with Gasteiger partial charge in [0.05, 0.1) is 4.92 Å². The van der Waals surface area contributed by atoms with Crippen LogP contribution in [0.5, 0.6) is 5.75 Å². The number of hydrogen-bond donors (Lipinski definition) is 0. The number of nitro benzene ring substituents is 1. The van der Waals surface area contributed by atoms with Crippen molar-refractivity contribution < 1.29 is 14.1 Å². The molecule has 0 aliphatic heterocycles. The van der Waals surface area contributed by atoms with Gasteiger partial charge in [0.15, 0.2) is 5.75 Å². The second-order valence-electron chi connectivity index (χ2n) is 4.22. The standard InChI is InChI=1S/C14H10Cl2FNO3/c15-7-9-1-4-14(13(5-9)18(19)20)21-8-10-6-11(17)2-3-12(10)16/h1-6H,7-8H2. The Bertz CT molecular complexity index is 679. The van der Waals surface area contributed by atoms with Crippen LogP contribution >= 0.6 is 23.2 Å². The Hall–Kier alpha value is -1.85. The van der Waals surface area contributed by atoms with Crippen LogP contribution in [0.4, 0.5) is 10.1 Å². The van der Waals surface area contributed by atoms with E-state index in [-0.39, 0.29) is 23.9 Å². The molecule has 110 valence electrons. The summed E-state index contributed by atoms with van der Waals surface area (Å²) in [6.45, 7) is -0.0718. The van der Waals surface area contributed by atoms with Crippen LogP contribution in [0.25, 0.3) is 0 Å². The van der Waals surface area contributed by atoms with Gasteiger partial charge in [-0.05, 0) is 29.8 Å². The number of alkyl halides is 1. The predicted molar refractivity (Wildman–Crippen MR) is 78.4 cm³/mol. The van der Waals surface area contributed by atoms with Crippen molar-refractivity contribution in [3.8, 4) is 5.75 Å². The summed E-state index contributed by atoms with van der Waals surface area (Å²) >= 11 is 11.6. The van der Waals surface area contributed by atoms with Gasteiger partial charge in [-0.15, -0.1) is 11.6 Å². The van der Waals surface area contributed by atoms with Crippen LogP contribution in [0.15, 0.2) is 36.4 Å². The lowest BCUT2D eigenvalue weighted by atomic mass is 10.2. The average molecular weight is 330 g/mol. The molecular weight excluding hydrogens is 320 g/mol. The molecule has 0 atom stereocenters. The molecule has 4 nitrogen and oxygen atoms in total. The summed E-state index contributed by atoms with van der Waals surface area (Å²) in [5.74, 6) is -0.212. The lowest BCUT2D eigenvalue weighted by molar-refractivity contribution is -0.386. The third-order valence-electron chi connectivity index (χ3n) is 2.77. The Balaban J connectivity index is 2.23. The molecule has 7 heteroatoms. The largest absolute Gasteiger partial charge is 0.482 e. The first-order valence-electron chi connectivity index (χ1n) is 5.91. The molecule has 0 unspecified atom stereocenters. The monoisotopic (exact) mass is 329 g/mol. The normalized spacial score (nSPS) is 10.4. The van der Waals surface area contributed by atoms with E-state index in [1.165, 1.54) is 30.3 Å². The summed E-state index contributed by atoms with van der Waals surface area (Å²) in [7, 11) is 0. The van der Waals surface area contributed by atoms with Gasteiger partial charge in [-0.3, -0.25) is 10.1 Å². The maximum Gasteiger partial charge on any atom is 0.311 e. The highest BCUT2D eigenvalue weighted by Gasteiger charge is 2.16. The third-order valence-corrected chi connectivity index (χ3v) is 3.44. The molecule has 0 heterocycles. The fourth-order valence-electron chi connectivity index (χ4n) is 1.72. The van der Waals surface area contributed by atoms with E-state index in [0.29, 0.717) is 16.1 Å². The number of nitro groups is 1. The molecule has 2 aromatic rings. The SMILES string of the molecule is O=[N+]([O-])c1cc(CCl)ccc1OCc1cc(F)ccc1Cl. The van der Waals surface area contributed by atoms with Crippen LogP contribution in [-0.4, -0.2) is 4.92 Å². The fourth-order valence-corrected chi connectivity index (χ4v) is 2.06. The van der Waals surface area contributed by atoms with E-state index < -0.39 is 10.7 Å². The quantitative estimate of drug-likeness (QED) is 0.453. The predicted octanol–water partition coefficient (Wildman–Crippen LogP) is 4.71. The zero-order valence-electron chi connectivity index (χ0n) is 10.7. The molecule has 0 N–H and O–H groups in total. The van der Waals surface area contributed by atoms with Crippen molar-refractivity contribution in [2.75, 3.05) is 0 Å². The summed E-state index contributed by atoms with van der Waals surface area (Å²) in [6, 6.07) is 8.28. The minimum absolute atomic E-state index is 0.0718. The van der Waals surface area contributed by atoms with E-state index in [4.69, 9.17) is 27.9 Å². The van der Waals surface area contributed by atoms with Crippen molar-refractivity contribution in [1.29, 1.82) is 0 Å². The second-order valence-corrected chi connectivity index (χ2v) is 4.89. The molecule has 2 rings (SSSR count). The lowest BCUT2D eigenvalue weighted by Crippen LogP contribution is -2.01. The van der Waals surface area contributed by atoms with Crippen molar-refractivity contribution in [3.63, 3.8) is 0 Å². The molecule has 0 fully saturated rings. The van der Waals surface area contributed by atoms with Crippen LogP contribution in [-0.2, 0) is 12.5 Å². The summed E-state index contributed by atoms with van der Waals surface area (Å²) in [6.07, 6.45) is 0. The topological polar surface area (TPSA) is 52.4 Å². The van der Waals surface area contributed by atoms with Crippen molar-refractivity contribution >= 4 is 28.9 Å². The Morgan fingerprint density at radius 3 is 2.67 bits per heavy atom. The minimum atomic E-state index is -0.557. The number of nitrogens with zero attached hydrogens (tertiary/aromatic N) is 1. The van der Waals surface area contributed by atoms with E-state index in [2.05, 4.69) is 0 Å². The number of rotatable bonds is 5. The van der Waals surface area contributed by atoms with Gasteiger partial charge in [-0.25, -0.2) is 4.39 Å².